The van der Waals surface area contributed by atoms with Crippen molar-refractivity contribution in [3.05, 3.63) is 0 Å². The fourth-order valence-electron chi connectivity index (χ4n) is 2.30. The number of aliphatic hydroxyl groups is 1. The van der Waals surface area contributed by atoms with Gasteiger partial charge in [0.25, 0.3) is 0 Å². The average Bonchev–Trinajstić information content (AvgIpc) is 2.45. The molecule has 0 bridgehead atoms. The van der Waals surface area contributed by atoms with E-state index in [1.807, 2.05) is 20.8 Å². The Morgan fingerprint density at radius 3 is 2.32 bits per heavy atom. The third-order valence-electron chi connectivity index (χ3n) is 4.24. The first-order valence-corrected chi connectivity index (χ1v) is 7.97. The molecule has 6 heteroatoms. The number of amides is 1. The van der Waals surface area contributed by atoms with Crippen LogP contribution < -0.4 is 0 Å². The largest absolute Gasteiger partial charge is 0.391 e. The number of aliphatic hydroxyl groups excluding tert-OH is 1. The van der Waals surface area contributed by atoms with Crippen molar-refractivity contribution in [1.82, 2.24) is 14.7 Å². The monoisotopic (exact) mass is 310 g/mol. The Bertz CT molecular complexity index is 392. The summed E-state index contributed by atoms with van der Waals surface area (Å²) in [5.41, 5.74) is -0.101. The number of rotatable bonds is 6. The third kappa shape index (κ3) is 6.30. The maximum absolute atomic E-state index is 12.0. The first-order valence-electron chi connectivity index (χ1n) is 7.97. The van der Waals surface area contributed by atoms with E-state index in [-0.39, 0.29) is 17.4 Å². The van der Waals surface area contributed by atoms with Crippen molar-refractivity contribution in [2.45, 2.75) is 33.3 Å². The number of hydrogen-bond acceptors (Lipinski definition) is 5. The van der Waals surface area contributed by atoms with Gasteiger partial charge in [-0.05, 0) is 5.41 Å². The van der Waals surface area contributed by atoms with Crippen molar-refractivity contribution in [2.75, 3.05) is 52.9 Å². The van der Waals surface area contributed by atoms with Gasteiger partial charge in [-0.3, -0.25) is 14.6 Å². The lowest BCUT2D eigenvalue weighted by Gasteiger charge is -2.38. The zero-order valence-corrected chi connectivity index (χ0v) is 14.4. The highest BCUT2D eigenvalue weighted by molar-refractivity contribution is 5.78. The Morgan fingerprint density at radius 2 is 1.82 bits per heavy atom. The zero-order valence-electron chi connectivity index (χ0n) is 14.4. The van der Waals surface area contributed by atoms with Crippen LogP contribution in [0.25, 0.3) is 0 Å². The van der Waals surface area contributed by atoms with Crippen LogP contribution in [-0.4, -0.2) is 84.7 Å². The van der Waals surface area contributed by atoms with E-state index in [2.05, 4.69) is 15.9 Å². The molecule has 0 spiro atoms. The number of β-amino-alcohol motifs (C(OH)–C–C–N with tert-alkyl or cyclic N) is 1. The molecule has 1 N–H and O–H groups in total. The van der Waals surface area contributed by atoms with Gasteiger partial charge >= 0.3 is 0 Å². The van der Waals surface area contributed by atoms with Crippen molar-refractivity contribution >= 4 is 5.91 Å². The fraction of sp³-hybridized carbons (Fsp3) is 0.875. The molecule has 1 rings (SSSR count). The minimum absolute atomic E-state index is 0.0680. The SMILES string of the molecule is CN(CCC#N)C(=O)CN1CCN(C[C@@H](O)C(C)(C)C)CC1. The summed E-state index contributed by atoms with van der Waals surface area (Å²) >= 11 is 0. The first kappa shape index (κ1) is 18.9. The molecule has 0 radical (unpaired) electrons. The molecule has 1 aliphatic rings. The van der Waals surface area contributed by atoms with Gasteiger partial charge in [0.15, 0.2) is 0 Å². The quantitative estimate of drug-likeness (QED) is 0.768. The third-order valence-corrected chi connectivity index (χ3v) is 4.24. The molecule has 1 saturated heterocycles. The Balaban J connectivity index is 2.31. The summed E-state index contributed by atoms with van der Waals surface area (Å²) in [5, 5.41) is 18.7. The predicted molar refractivity (Wildman–Crippen MR) is 86.2 cm³/mol. The van der Waals surface area contributed by atoms with Crippen LogP contribution in [0.4, 0.5) is 0 Å². The van der Waals surface area contributed by atoms with Crippen LogP contribution >= 0.6 is 0 Å². The fourth-order valence-corrected chi connectivity index (χ4v) is 2.30. The Morgan fingerprint density at radius 1 is 1.27 bits per heavy atom. The highest BCUT2D eigenvalue weighted by atomic mass is 16.3. The van der Waals surface area contributed by atoms with Gasteiger partial charge in [-0.1, -0.05) is 20.8 Å². The second-order valence-corrected chi connectivity index (χ2v) is 7.18. The first-order chi connectivity index (χ1) is 10.2. The average molecular weight is 310 g/mol. The topological polar surface area (TPSA) is 70.8 Å². The zero-order chi connectivity index (χ0) is 16.8. The summed E-state index contributed by atoms with van der Waals surface area (Å²) in [5.74, 6) is 0.0680. The van der Waals surface area contributed by atoms with Crippen molar-refractivity contribution in [3.8, 4) is 6.07 Å². The molecule has 1 amide bonds. The van der Waals surface area contributed by atoms with Crippen LogP contribution in [0.5, 0.6) is 0 Å². The van der Waals surface area contributed by atoms with Crippen LogP contribution in [0.3, 0.4) is 0 Å². The molecule has 0 aromatic rings. The van der Waals surface area contributed by atoms with Crippen molar-refractivity contribution in [3.63, 3.8) is 0 Å². The lowest BCUT2D eigenvalue weighted by Crippen LogP contribution is -2.52. The Kier molecular flexibility index (Phi) is 7.27. The molecule has 1 fully saturated rings. The number of nitrogens with zero attached hydrogens (tertiary/aromatic N) is 4. The summed E-state index contributed by atoms with van der Waals surface area (Å²) in [4.78, 5) is 18.1. The second kappa shape index (κ2) is 8.47. The molecular weight excluding hydrogens is 280 g/mol. The molecule has 0 aliphatic carbocycles. The van der Waals surface area contributed by atoms with E-state index in [9.17, 15) is 9.90 Å². The van der Waals surface area contributed by atoms with Gasteiger partial charge in [-0.25, -0.2) is 0 Å². The maximum atomic E-state index is 12.0. The van der Waals surface area contributed by atoms with Gasteiger partial charge in [0, 0.05) is 46.3 Å². The molecule has 0 unspecified atom stereocenters. The molecule has 1 heterocycles. The van der Waals surface area contributed by atoms with Gasteiger partial charge < -0.3 is 10.0 Å². The van der Waals surface area contributed by atoms with E-state index in [0.29, 0.717) is 26.1 Å². The Hall–Kier alpha value is -1.16. The molecule has 0 saturated carbocycles. The normalized spacial score (nSPS) is 18.7. The minimum atomic E-state index is -0.335. The number of carbonyl (C=O) groups excluding carboxylic acids is 1. The van der Waals surface area contributed by atoms with Crippen LogP contribution in [0.2, 0.25) is 0 Å². The summed E-state index contributed by atoms with van der Waals surface area (Å²) < 4.78 is 0. The predicted octanol–water partition coefficient (Wildman–Crippen LogP) is 0.383. The molecule has 0 aromatic carbocycles. The summed E-state index contributed by atoms with van der Waals surface area (Å²) in [6.45, 7) is 11.2. The maximum Gasteiger partial charge on any atom is 0.236 e. The molecular formula is C16H30N4O2. The molecule has 0 aromatic heterocycles. The van der Waals surface area contributed by atoms with Crippen LogP contribution in [-0.2, 0) is 4.79 Å². The number of piperazine rings is 1. The summed E-state index contributed by atoms with van der Waals surface area (Å²) in [6.07, 6.45) is 0.0403. The van der Waals surface area contributed by atoms with E-state index in [4.69, 9.17) is 5.26 Å². The molecule has 1 atom stereocenters. The number of likely N-dealkylation sites (N-methyl/N-ethyl adjacent to an activating group) is 1. The number of carbonyl (C=O) groups is 1. The molecule has 22 heavy (non-hydrogen) atoms. The molecule has 6 nitrogen and oxygen atoms in total. The lowest BCUT2D eigenvalue weighted by atomic mass is 9.89. The highest BCUT2D eigenvalue weighted by Crippen LogP contribution is 2.20. The lowest BCUT2D eigenvalue weighted by molar-refractivity contribution is -0.131. The highest BCUT2D eigenvalue weighted by Gasteiger charge is 2.27. The number of nitriles is 1. The van der Waals surface area contributed by atoms with Gasteiger partial charge in [0.2, 0.25) is 5.91 Å². The van der Waals surface area contributed by atoms with Crippen LogP contribution in [0.15, 0.2) is 0 Å². The van der Waals surface area contributed by atoms with Gasteiger partial charge in [-0.2, -0.15) is 5.26 Å². The van der Waals surface area contributed by atoms with E-state index < -0.39 is 0 Å². The second-order valence-electron chi connectivity index (χ2n) is 7.18. The van der Waals surface area contributed by atoms with E-state index in [0.717, 1.165) is 26.2 Å². The van der Waals surface area contributed by atoms with Crippen molar-refractivity contribution < 1.29 is 9.90 Å². The standard InChI is InChI=1S/C16H30N4O2/c1-16(2,3)14(21)12-19-8-10-20(11-9-19)13-15(22)18(4)7-5-6-17/h14,21H,5,7-13H2,1-4H3/t14-/m1/s1. The smallest absolute Gasteiger partial charge is 0.236 e. The van der Waals surface area contributed by atoms with Crippen molar-refractivity contribution in [2.24, 2.45) is 5.41 Å². The van der Waals surface area contributed by atoms with Gasteiger partial charge in [-0.15, -0.1) is 0 Å². The van der Waals surface area contributed by atoms with Crippen LogP contribution in [0.1, 0.15) is 27.2 Å². The Labute approximate surface area is 134 Å². The molecule has 126 valence electrons. The summed E-state index contributed by atoms with van der Waals surface area (Å²) in [7, 11) is 1.75. The van der Waals surface area contributed by atoms with E-state index >= 15 is 0 Å². The minimum Gasteiger partial charge on any atom is -0.391 e. The van der Waals surface area contributed by atoms with Gasteiger partial charge in [0.1, 0.15) is 0 Å². The van der Waals surface area contributed by atoms with Crippen LogP contribution in [0, 0.1) is 16.7 Å². The van der Waals surface area contributed by atoms with Crippen molar-refractivity contribution in [1.29, 1.82) is 5.26 Å². The summed E-state index contributed by atoms with van der Waals surface area (Å²) in [6, 6.07) is 2.06. The van der Waals surface area contributed by atoms with Gasteiger partial charge in [0.05, 0.1) is 25.1 Å². The number of hydrogen-bond donors (Lipinski definition) is 1. The van der Waals surface area contributed by atoms with E-state index in [1.54, 1.807) is 11.9 Å². The molecule has 1 aliphatic heterocycles. The van der Waals surface area contributed by atoms with E-state index in [1.165, 1.54) is 0 Å².